The normalized spacial score (nSPS) is 15.5. The van der Waals surface area contributed by atoms with E-state index in [9.17, 15) is 15.3 Å². The van der Waals surface area contributed by atoms with Crippen LogP contribution in [0.4, 0.5) is 5.69 Å². The molecule has 0 radical (unpaired) electrons. The van der Waals surface area contributed by atoms with Crippen LogP contribution in [0.1, 0.15) is 25.1 Å². The average molecular weight is 299 g/mol. The zero-order chi connectivity index (χ0) is 15.9. The van der Waals surface area contributed by atoms with Crippen molar-refractivity contribution in [2.45, 2.75) is 19.6 Å². The molecule has 2 heterocycles. The van der Waals surface area contributed by atoms with E-state index in [1.54, 1.807) is 32.0 Å². The fraction of sp³-hybridized carbons (Fsp3) is 0.200. The van der Waals surface area contributed by atoms with E-state index in [1.165, 1.54) is 24.4 Å². The van der Waals surface area contributed by atoms with Gasteiger partial charge < -0.3 is 9.94 Å². The highest BCUT2D eigenvalue weighted by Crippen LogP contribution is 2.34. The lowest BCUT2D eigenvalue weighted by Gasteiger charge is -2.29. The lowest BCUT2D eigenvalue weighted by Crippen LogP contribution is -2.39. The van der Waals surface area contributed by atoms with Crippen molar-refractivity contribution in [1.29, 1.82) is 0 Å². The molecule has 0 spiro atoms. The highest BCUT2D eigenvalue weighted by molar-refractivity contribution is 6.13. The topological polar surface area (TPSA) is 91.7 Å². The number of non-ortho nitro benzene ring substituents is 1. The van der Waals surface area contributed by atoms with Gasteiger partial charge in [0.2, 0.25) is 5.69 Å². The van der Waals surface area contributed by atoms with Crippen LogP contribution in [-0.2, 0) is 0 Å². The first-order valence-corrected chi connectivity index (χ1v) is 6.64. The van der Waals surface area contributed by atoms with E-state index >= 15 is 0 Å². The van der Waals surface area contributed by atoms with Crippen LogP contribution >= 0.6 is 0 Å². The van der Waals surface area contributed by atoms with Gasteiger partial charge in [0.05, 0.1) is 10.5 Å². The molecule has 3 rings (SSSR count). The predicted octanol–water partition coefficient (Wildman–Crippen LogP) is 2.19. The molecule has 7 heteroatoms. The maximum atomic E-state index is 12.0. The monoisotopic (exact) mass is 299 g/mol. The summed E-state index contributed by atoms with van der Waals surface area (Å²) < 4.78 is 6.41. The second-order valence-electron chi connectivity index (χ2n) is 5.36. The molecule has 2 aromatic rings. The summed E-state index contributed by atoms with van der Waals surface area (Å²) in [6, 6.07) is 9.21. The van der Waals surface area contributed by atoms with Gasteiger partial charge in [-0.25, -0.2) is 4.99 Å². The van der Waals surface area contributed by atoms with Gasteiger partial charge in [-0.1, -0.05) is 0 Å². The van der Waals surface area contributed by atoms with Crippen LogP contribution in [-0.4, -0.2) is 16.4 Å². The second-order valence-corrected chi connectivity index (χ2v) is 5.36. The highest BCUT2D eigenvalue weighted by Gasteiger charge is 2.32. The largest absolute Gasteiger partial charge is 0.618 e. The number of nitro benzene ring substituents is 1. The lowest BCUT2D eigenvalue weighted by atomic mass is 10.0. The minimum absolute atomic E-state index is 0.0804. The van der Waals surface area contributed by atoms with Gasteiger partial charge >= 0.3 is 0 Å². The molecule has 22 heavy (non-hydrogen) atoms. The fourth-order valence-corrected chi connectivity index (χ4v) is 2.33. The summed E-state index contributed by atoms with van der Waals surface area (Å²) in [5.41, 5.74) is 0.194. The van der Waals surface area contributed by atoms with Crippen molar-refractivity contribution in [3.05, 3.63) is 69.2 Å². The molecule has 0 fully saturated rings. The van der Waals surface area contributed by atoms with Crippen LogP contribution in [0.25, 0.3) is 0 Å². The molecule has 0 amide bonds. The Balaban J connectivity index is 2.25. The number of rotatable bonds is 2. The fourth-order valence-electron chi connectivity index (χ4n) is 2.33. The maximum Gasteiger partial charge on any atom is 0.270 e. The molecule has 0 saturated heterocycles. The standard InChI is InChI=1S/C15H13N3O4/c1-15(2)16-14(12-5-3-4-8-17(12)19)11-9-10(18(20)21)6-7-13(11)22-15/h3-9H,1-2H3. The summed E-state index contributed by atoms with van der Waals surface area (Å²) in [6.45, 7) is 3.52. The molecular weight excluding hydrogens is 286 g/mol. The van der Waals surface area contributed by atoms with E-state index in [0.29, 0.717) is 27.4 Å². The van der Waals surface area contributed by atoms with E-state index < -0.39 is 10.6 Å². The van der Waals surface area contributed by atoms with Gasteiger partial charge in [0.15, 0.2) is 11.9 Å². The van der Waals surface area contributed by atoms with E-state index in [-0.39, 0.29) is 5.69 Å². The number of hydrogen-bond donors (Lipinski definition) is 0. The van der Waals surface area contributed by atoms with E-state index in [0.717, 1.165) is 0 Å². The Morgan fingerprint density at radius 3 is 2.73 bits per heavy atom. The van der Waals surface area contributed by atoms with Crippen LogP contribution < -0.4 is 9.47 Å². The number of aliphatic imine (C=N–C) groups is 1. The molecule has 1 aromatic carbocycles. The Labute approximate surface area is 126 Å². The molecule has 0 saturated carbocycles. The lowest BCUT2D eigenvalue weighted by molar-refractivity contribution is -0.606. The maximum absolute atomic E-state index is 12.0. The minimum atomic E-state index is -0.860. The Morgan fingerprint density at radius 2 is 2.05 bits per heavy atom. The van der Waals surface area contributed by atoms with Gasteiger partial charge in [0.25, 0.3) is 5.69 Å². The van der Waals surface area contributed by atoms with Crippen LogP contribution in [0, 0.1) is 15.3 Å². The van der Waals surface area contributed by atoms with Crippen molar-refractivity contribution in [2.24, 2.45) is 4.99 Å². The number of benzene rings is 1. The Hall–Kier alpha value is -2.96. The van der Waals surface area contributed by atoms with Gasteiger partial charge in [-0.3, -0.25) is 10.1 Å². The number of ether oxygens (including phenoxy) is 1. The molecule has 0 bridgehead atoms. The number of pyridine rings is 1. The van der Waals surface area contributed by atoms with Crippen LogP contribution in [0.15, 0.2) is 47.6 Å². The third-order valence-electron chi connectivity index (χ3n) is 3.24. The van der Waals surface area contributed by atoms with Crippen molar-refractivity contribution in [2.75, 3.05) is 0 Å². The highest BCUT2D eigenvalue weighted by atomic mass is 16.6. The van der Waals surface area contributed by atoms with Gasteiger partial charge in [-0.05, 0) is 26.0 Å². The van der Waals surface area contributed by atoms with Gasteiger partial charge in [0.1, 0.15) is 11.5 Å². The molecular formula is C15H13N3O4. The van der Waals surface area contributed by atoms with Crippen molar-refractivity contribution < 1.29 is 14.4 Å². The number of nitro groups is 1. The van der Waals surface area contributed by atoms with Crippen molar-refractivity contribution in [1.82, 2.24) is 0 Å². The third-order valence-corrected chi connectivity index (χ3v) is 3.24. The molecule has 1 aromatic heterocycles. The number of hydrogen-bond acceptors (Lipinski definition) is 5. The summed E-state index contributed by atoms with van der Waals surface area (Å²) >= 11 is 0. The Kier molecular flexibility index (Phi) is 3.05. The Morgan fingerprint density at radius 1 is 1.27 bits per heavy atom. The molecule has 112 valence electrons. The molecule has 0 unspecified atom stereocenters. The van der Waals surface area contributed by atoms with Crippen LogP contribution in [0.5, 0.6) is 5.75 Å². The molecule has 0 atom stereocenters. The summed E-state index contributed by atoms with van der Waals surface area (Å²) in [6.07, 6.45) is 1.36. The number of nitrogens with zero attached hydrogens (tertiary/aromatic N) is 3. The molecule has 7 nitrogen and oxygen atoms in total. The quantitative estimate of drug-likeness (QED) is 0.368. The first kappa shape index (κ1) is 14.0. The van der Waals surface area contributed by atoms with E-state index in [4.69, 9.17) is 4.74 Å². The van der Waals surface area contributed by atoms with Crippen molar-refractivity contribution >= 4 is 11.4 Å². The summed E-state index contributed by atoms with van der Waals surface area (Å²) in [4.78, 5) is 14.9. The van der Waals surface area contributed by atoms with E-state index in [2.05, 4.69) is 4.99 Å². The smallest absolute Gasteiger partial charge is 0.270 e. The van der Waals surface area contributed by atoms with Crippen LogP contribution in [0.2, 0.25) is 0 Å². The summed E-state index contributed by atoms with van der Waals surface area (Å²) in [7, 11) is 0. The zero-order valence-corrected chi connectivity index (χ0v) is 12.0. The molecule has 1 aliphatic heterocycles. The number of aromatic nitrogens is 1. The zero-order valence-electron chi connectivity index (χ0n) is 12.0. The summed E-state index contributed by atoms with van der Waals surface area (Å²) in [5.74, 6) is 0.462. The molecule has 1 aliphatic rings. The Bertz CT molecular complexity index is 799. The molecule has 0 N–H and O–H groups in total. The summed E-state index contributed by atoms with van der Waals surface area (Å²) in [5, 5.41) is 23.0. The second kappa shape index (κ2) is 4.80. The van der Waals surface area contributed by atoms with E-state index in [1.807, 2.05) is 0 Å². The van der Waals surface area contributed by atoms with Crippen LogP contribution in [0.3, 0.4) is 0 Å². The third kappa shape index (κ3) is 2.37. The van der Waals surface area contributed by atoms with Gasteiger partial charge in [-0.2, -0.15) is 4.73 Å². The average Bonchev–Trinajstić information content (AvgIpc) is 2.45. The van der Waals surface area contributed by atoms with Crippen molar-refractivity contribution in [3.8, 4) is 5.75 Å². The van der Waals surface area contributed by atoms with Gasteiger partial charge in [0, 0.05) is 24.3 Å². The first-order valence-electron chi connectivity index (χ1n) is 6.64. The SMILES string of the molecule is CC1(C)N=C(c2cccc[n+]2[O-])c2cc([N+](=O)[O-])ccc2O1. The minimum Gasteiger partial charge on any atom is -0.618 e. The number of fused-ring (bicyclic) bond motifs is 1. The first-order chi connectivity index (χ1) is 10.4. The van der Waals surface area contributed by atoms with Gasteiger partial charge in [-0.15, -0.1) is 0 Å². The molecule has 0 aliphatic carbocycles. The predicted molar refractivity (Wildman–Crippen MR) is 78.8 cm³/mol. The van der Waals surface area contributed by atoms with Crippen molar-refractivity contribution in [3.63, 3.8) is 0 Å².